The highest BCUT2D eigenvalue weighted by Gasteiger charge is 2.16. The highest BCUT2D eigenvalue weighted by atomic mass is 35.5. The molecule has 0 aliphatic carbocycles. The van der Waals surface area contributed by atoms with Gasteiger partial charge in [-0.2, -0.15) is 0 Å². The van der Waals surface area contributed by atoms with Crippen molar-refractivity contribution in [1.82, 2.24) is 4.90 Å². The molecule has 0 N–H and O–H groups in total. The molecule has 2 aromatic rings. The van der Waals surface area contributed by atoms with Crippen LogP contribution in [0, 0.1) is 0 Å². The number of amides is 1. The molecule has 1 aromatic heterocycles. The fourth-order valence-corrected chi connectivity index (χ4v) is 2.23. The van der Waals surface area contributed by atoms with E-state index in [1.165, 1.54) is 0 Å². The van der Waals surface area contributed by atoms with Gasteiger partial charge in [0.25, 0.3) is 0 Å². The molecule has 1 aromatic carbocycles. The lowest BCUT2D eigenvalue weighted by atomic mass is 10.1. The van der Waals surface area contributed by atoms with Gasteiger partial charge in [-0.05, 0) is 30.7 Å². The highest BCUT2D eigenvalue weighted by molar-refractivity contribution is 6.27. The van der Waals surface area contributed by atoms with Gasteiger partial charge in [0.1, 0.15) is 11.5 Å². The third kappa shape index (κ3) is 3.52. The van der Waals surface area contributed by atoms with Crippen molar-refractivity contribution in [3.05, 3.63) is 36.1 Å². The Bertz CT molecular complexity index is 581. The first kappa shape index (κ1) is 14.9. The number of ether oxygens (including phenoxy) is 1. The number of alkyl halides is 1. The number of furan rings is 1. The summed E-state index contributed by atoms with van der Waals surface area (Å²) in [5, 5.41) is 1.03. The van der Waals surface area contributed by atoms with E-state index >= 15 is 0 Å². The fourth-order valence-electron chi connectivity index (χ4n) is 2.06. The lowest BCUT2D eigenvalue weighted by Gasteiger charge is -2.24. The number of nitrogens with zero attached hydrogens (tertiary/aromatic N) is 1. The van der Waals surface area contributed by atoms with Crippen molar-refractivity contribution in [1.29, 1.82) is 0 Å². The Kier molecular flexibility index (Phi) is 5.04. The largest absolute Gasteiger partial charge is 0.464 e. The van der Waals surface area contributed by atoms with E-state index in [2.05, 4.69) is 0 Å². The second kappa shape index (κ2) is 6.77. The van der Waals surface area contributed by atoms with E-state index in [9.17, 15) is 4.79 Å². The normalized spacial score (nSPS) is 12.6. The quantitative estimate of drug-likeness (QED) is 0.769. The molecule has 108 valence electrons. The Labute approximate surface area is 123 Å². The molecule has 0 fully saturated rings. The maximum absolute atomic E-state index is 11.9. The topological polar surface area (TPSA) is 42.7 Å². The summed E-state index contributed by atoms with van der Waals surface area (Å²) in [5.74, 6) is -0.118. The molecule has 0 radical (unpaired) electrons. The first-order valence-electron chi connectivity index (χ1n) is 6.46. The number of hydrogen-bond acceptors (Lipinski definition) is 3. The molecule has 1 amide bonds. The number of methoxy groups -OCH3 is 1. The lowest BCUT2D eigenvalue weighted by Crippen LogP contribution is -2.37. The summed E-state index contributed by atoms with van der Waals surface area (Å²) in [6.07, 6.45) is 1.63. The molecule has 0 bridgehead atoms. The second-order valence-electron chi connectivity index (χ2n) is 4.75. The molecule has 0 saturated carbocycles. The Morgan fingerprint density at radius 1 is 1.45 bits per heavy atom. The van der Waals surface area contributed by atoms with Crippen molar-refractivity contribution in [3.8, 4) is 0 Å². The lowest BCUT2D eigenvalue weighted by molar-refractivity contribution is -0.130. The van der Waals surface area contributed by atoms with Gasteiger partial charge in [-0.3, -0.25) is 4.79 Å². The number of carbonyl (C=O) groups is 1. The SMILES string of the molecule is CO[C@@H](C)CN(Cc1ccc2occc2c1)C(=O)CCl. The van der Waals surface area contributed by atoms with Crippen molar-refractivity contribution >= 4 is 28.5 Å². The molecule has 2 rings (SSSR count). The van der Waals surface area contributed by atoms with Crippen LogP contribution in [-0.2, 0) is 16.1 Å². The van der Waals surface area contributed by atoms with E-state index in [-0.39, 0.29) is 17.9 Å². The standard InChI is InChI=1S/C15H18ClNO3/c1-11(19-2)9-17(15(18)8-16)10-12-3-4-14-13(7-12)5-6-20-14/h3-7,11H,8-10H2,1-2H3/t11-/m0/s1. The minimum absolute atomic E-state index is 0.0234. The van der Waals surface area contributed by atoms with Gasteiger partial charge in [-0.15, -0.1) is 11.6 Å². The van der Waals surface area contributed by atoms with Crippen LogP contribution in [-0.4, -0.2) is 36.4 Å². The first-order chi connectivity index (χ1) is 9.63. The van der Waals surface area contributed by atoms with Crippen LogP contribution in [0.1, 0.15) is 12.5 Å². The Balaban J connectivity index is 2.15. The van der Waals surface area contributed by atoms with E-state index < -0.39 is 0 Å². The maximum Gasteiger partial charge on any atom is 0.237 e. The monoisotopic (exact) mass is 295 g/mol. The fraction of sp³-hybridized carbons (Fsp3) is 0.400. The molecule has 5 heteroatoms. The van der Waals surface area contributed by atoms with Crippen LogP contribution in [0.3, 0.4) is 0 Å². The Morgan fingerprint density at radius 3 is 2.95 bits per heavy atom. The average molecular weight is 296 g/mol. The highest BCUT2D eigenvalue weighted by Crippen LogP contribution is 2.18. The summed E-state index contributed by atoms with van der Waals surface area (Å²) in [7, 11) is 1.63. The van der Waals surface area contributed by atoms with Gasteiger partial charge < -0.3 is 14.1 Å². The minimum atomic E-state index is -0.0946. The molecule has 20 heavy (non-hydrogen) atoms. The molecule has 0 aliphatic rings. The van der Waals surface area contributed by atoms with E-state index in [1.807, 2.05) is 31.2 Å². The predicted octanol–water partition coefficient (Wildman–Crippen LogP) is 3.04. The van der Waals surface area contributed by atoms with Crippen molar-refractivity contribution in [2.45, 2.75) is 19.6 Å². The molecular formula is C15H18ClNO3. The average Bonchev–Trinajstić information content (AvgIpc) is 2.93. The summed E-state index contributed by atoms with van der Waals surface area (Å²) in [5.41, 5.74) is 1.88. The summed E-state index contributed by atoms with van der Waals surface area (Å²) in [4.78, 5) is 13.6. The Morgan fingerprint density at radius 2 is 2.25 bits per heavy atom. The van der Waals surface area contributed by atoms with Crippen molar-refractivity contribution in [2.75, 3.05) is 19.5 Å². The Hall–Kier alpha value is -1.52. The van der Waals surface area contributed by atoms with Crippen LogP contribution in [0.25, 0.3) is 11.0 Å². The summed E-state index contributed by atoms with van der Waals surface area (Å²) >= 11 is 5.67. The maximum atomic E-state index is 11.9. The number of fused-ring (bicyclic) bond motifs is 1. The van der Waals surface area contributed by atoms with Crippen LogP contribution in [0.4, 0.5) is 0 Å². The van der Waals surface area contributed by atoms with Gasteiger partial charge in [0.2, 0.25) is 5.91 Å². The molecule has 1 heterocycles. The van der Waals surface area contributed by atoms with Gasteiger partial charge in [0, 0.05) is 25.6 Å². The van der Waals surface area contributed by atoms with Crippen molar-refractivity contribution in [2.24, 2.45) is 0 Å². The van der Waals surface area contributed by atoms with E-state index in [0.717, 1.165) is 16.5 Å². The smallest absolute Gasteiger partial charge is 0.237 e. The second-order valence-corrected chi connectivity index (χ2v) is 5.01. The zero-order chi connectivity index (χ0) is 14.5. The number of carbonyl (C=O) groups excluding carboxylic acids is 1. The van der Waals surface area contributed by atoms with E-state index in [0.29, 0.717) is 13.1 Å². The zero-order valence-corrected chi connectivity index (χ0v) is 12.4. The zero-order valence-electron chi connectivity index (χ0n) is 11.6. The van der Waals surface area contributed by atoms with E-state index in [1.54, 1.807) is 18.3 Å². The van der Waals surface area contributed by atoms with Gasteiger partial charge in [0.05, 0.1) is 12.4 Å². The molecule has 1 atom stereocenters. The van der Waals surface area contributed by atoms with E-state index in [4.69, 9.17) is 20.8 Å². The molecule has 0 spiro atoms. The number of benzene rings is 1. The molecule has 0 unspecified atom stereocenters. The number of hydrogen-bond donors (Lipinski definition) is 0. The summed E-state index contributed by atoms with van der Waals surface area (Å²) in [6, 6.07) is 7.79. The van der Waals surface area contributed by atoms with Crippen LogP contribution < -0.4 is 0 Å². The summed E-state index contributed by atoms with van der Waals surface area (Å²) < 4.78 is 10.5. The number of halogens is 1. The molecular weight excluding hydrogens is 278 g/mol. The van der Waals surface area contributed by atoms with Crippen LogP contribution in [0.2, 0.25) is 0 Å². The third-order valence-corrected chi connectivity index (χ3v) is 3.47. The van der Waals surface area contributed by atoms with Gasteiger partial charge in [-0.1, -0.05) is 6.07 Å². The predicted molar refractivity (Wildman–Crippen MR) is 78.8 cm³/mol. The van der Waals surface area contributed by atoms with Gasteiger partial charge >= 0.3 is 0 Å². The molecule has 0 saturated heterocycles. The van der Waals surface area contributed by atoms with Crippen LogP contribution in [0.15, 0.2) is 34.9 Å². The van der Waals surface area contributed by atoms with Crippen LogP contribution >= 0.6 is 11.6 Å². The van der Waals surface area contributed by atoms with Crippen LogP contribution in [0.5, 0.6) is 0 Å². The van der Waals surface area contributed by atoms with Crippen molar-refractivity contribution < 1.29 is 13.9 Å². The third-order valence-electron chi connectivity index (χ3n) is 3.24. The minimum Gasteiger partial charge on any atom is -0.464 e. The van der Waals surface area contributed by atoms with Gasteiger partial charge in [0.15, 0.2) is 0 Å². The molecule has 4 nitrogen and oxygen atoms in total. The first-order valence-corrected chi connectivity index (χ1v) is 7.00. The van der Waals surface area contributed by atoms with Crippen molar-refractivity contribution in [3.63, 3.8) is 0 Å². The van der Waals surface area contributed by atoms with Gasteiger partial charge in [-0.25, -0.2) is 0 Å². The summed E-state index contributed by atoms with van der Waals surface area (Å²) in [6.45, 7) is 2.96. The number of rotatable bonds is 6. The molecule has 0 aliphatic heterocycles.